The third-order valence-electron chi connectivity index (χ3n) is 3.82. The Morgan fingerprint density at radius 3 is 3.00 bits per heavy atom. The molecule has 20 heavy (non-hydrogen) atoms. The van der Waals surface area contributed by atoms with Gasteiger partial charge < -0.3 is 9.64 Å². The number of aryl methyl sites for hydroxylation is 2. The maximum absolute atomic E-state index is 6.20. The fourth-order valence-corrected chi connectivity index (χ4v) is 2.99. The van der Waals surface area contributed by atoms with E-state index in [1.807, 2.05) is 6.20 Å². The standard InChI is InChI=1S/C14H19ClN4O/c1-3-18(7-8-20-2)13-14-16-10-5-4-6-11(10)19(14)9-12(15)17-13/h9H,3-8H2,1-2H3. The lowest BCUT2D eigenvalue weighted by atomic mass is 10.3. The molecule has 0 unspecified atom stereocenters. The Kier molecular flexibility index (Phi) is 3.81. The first-order valence-electron chi connectivity index (χ1n) is 7.04. The summed E-state index contributed by atoms with van der Waals surface area (Å²) in [5.41, 5.74) is 3.39. The molecule has 3 rings (SSSR count). The summed E-state index contributed by atoms with van der Waals surface area (Å²) in [4.78, 5) is 11.4. The number of aromatic nitrogens is 3. The fraction of sp³-hybridized carbons (Fsp3) is 0.571. The highest BCUT2D eigenvalue weighted by Gasteiger charge is 2.22. The average Bonchev–Trinajstić information content (AvgIpc) is 3.01. The van der Waals surface area contributed by atoms with Crippen molar-refractivity contribution in [1.82, 2.24) is 14.4 Å². The van der Waals surface area contributed by atoms with E-state index in [1.54, 1.807) is 7.11 Å². The number of hydrogen-bond donors (Lipinski definition) is 0. The second kappa shape index (κ2) is 5.58. The maximum Gasteiger partial charge on any atom is 0.180 e. The number of anilines is 1. The van der Waals surface area contributed by atoms with Gasteiger partial charge in [0.05, 0.1) is 12.3 Å². The van der Waals surface area contributed by atoms with Crippen LogP contribution in [0.4, 0.5) is 5.82 Å². The van der Waals surface area contributed by atoms with E-state index in [0.717, 1.165) is 37.4 Å². The number of likely N-dealkylation sites (N-methyl/N-ethyl adjacent to an activating group) is 1. The van der Waals surface area contributed by atoms with E-state index in [4.69, 9.17) is 21.3 Å². The minimum atomic E-state index is 0.510. The van der Waals surface area contributed by atoms with Crippen LogP contribution in [-0.2, 0) is 17.6 Å². The average molecular weight is 295 g/mol. The van der Waals surface area contributed by atoms with Gasteiger partial charge in [0.15, 0.2) is 11.5 Å². The number of halogens is 1. The molecule has 1 aliphatic rings. The number of imidazole rings is 1. The van der Waals surface area contributed by atoms with Gasteiger partial charge in [0.25, 0.3) is 0 Å². The van der Waals surface area contributed by atoms with Crippen LogP contribution >= 0.6 is 11.6 Å². The van der Waals surface area contributed by atoms with Crippen LogP contribution in [0.15, 0.2) is 6.20 Å². The first-order chi connectivity index (χ1) is 9.74. The lowest BCUT2D eigenvalue weighted by Gasteiger charge is -2.22. The minimum Gasteiger partial charge on any atom is -0.383 e. The molecule has 0 atom stereocenters. The summed E-state index contributed by atoms with van der Waals surface area (Å²) in [6.45, 7) is 4.40. The molecule has 108 valence electrons. The van der Waals surface area contributed by atoms with E-state index < -0.39 is 0 Å². The molecule has 0 bridgehead atoms. The zero-order valence-corrected chi connectivity index (χ0v) is 12.7. The van der Waals surface area contributed by atoms with Crippen molar-refractivity contribution < 1.29 is 4.74 Å². The van der Waals surface area contributed by atoms with Crippen LogP contribution in [0.2, 0.25) is 5.15 Å². The molecule has 2 heterocycles. The Hall–Kier alpha value is -1.33. The van der Waals surface area contributed by atoms with Crippen molar-refractivity contribution in [3.05, 3.63) is 22.7 Å². The quantitative estimate of drug-likeness (QED) is 0.849. The van der Waals surface area contributed by atoms with E-state index >= 15 is 0 Å². The zero-order valence-electron chi connectivity index (χ0n) is 11.9. The lowest BCUT2D eigenvalue weighted by Crippen LogP contribution is -2.28. The molecular weight excluding hydrogens is 276 g/mol. The topological polar surface area (TPSA) is 42.7 Å². The molecule has 0 radical (unpaired) electrons. The van der Waals surface area contributed by atoms with Gasteiger partial charge in [0.1, 0.15) is 5.15 Å². The first-order valence-corrected chi connectivity index (χ1v) is 7.42. The van der Waals surface area contributed by atoms with Gasteiger partial charge in [0.2, 0.25) is 0 Å². The molecule has 1 aliphatic carbocycles. The highest BCUT2D eigenvalue weighted by molar-refractivity contribution is 6.29. The molecule has 0 amide bonds. The van der Waals surface area contributed by atoms with E-state index in [1.165, 1.54) is 17.8 Å². The third-order valence-corrected chi connectivity index (χ3v) is 4.00. The van der Waals surface area contributed by atoms with Crippen LogP contribution < -0.4 is 4.90 Å². The monoisotopic (exact) mass is 294 g/mol. The van der Waals surface area contributed by atoms with Gasteiger partial charge >= 0.3 is 0 Å². The van der Waals surface area contributed by atoms with Crippen molar-refractivity contribution in [3.63, 3.8) is 0 Å². The molecule has 6 heteroatoms. The smallest absolute Gasteiger partial charge is 0.180 e. The minimum absolute atomic E-state index is 0.510. The van der Waals surface area contributed by atoms with Gasteiger partial charge in [-0.1, -0.05) is 11.6 Å². The van der Waals surface area contributed by atoms with Crippen LogP contribution in [0.5, 0.6) is 0 Å². The van der Waals surface area contributed by atoms with Gasteiger partial charge in [-0.15, -0.1) is 0 Å². The maximum atomic E-state index is 6.20. The number of ether oxygens (including phenoxy) is 1. The molecule has 0 saturated heterocycles. The second-order valence-electron chi connectivity index (χ2n) is 5.01. The Morgan fingerprint density at radius 1 is 1.40 bits per heavy atom. The highest BCUT2D eigenvalue weighted by atomic mass is 35.5. The number of nitrogens with zero attached hydrogens (tertiary/aromatic N) is 4. The number of methoxy groups -OCH3 is 1. The van der Waals surface area contributed by atoms with Crippen molar-refractivity contribution in [1.29, 1.82) is 0 Å². The van der Waals surface area contributed by atoms with Crippen molar-refractivity contribution in [2.24, 2.45) is 0 Å². The molecule has 2 aromatic rings. The molecule has 0 saturated carbocycles. The van der Waals surface area contributed by atoms with E-state index in [2.05, 4.69) is 21.2 Å². The SMILES string of the molecule is CCN(CCOC)c1nc(Cl)cn2c3c(nc12)CCC3. The number of fused-ring (bicyclic) bond motifs is 3. The van der Waals surface area contributed by atoms with Crippen LogP contribution in [0, 0.1) is 0 Å². The predicted molar refractivity (Wildman–Crippen MR) is 79.8 cm³/mol. The Labute approximate surface area is 123 Å². The zero-order chi connectivity index (χ0) is 14.1. The first kappa shape index (κ1) is 13.6. The molecule has 5 nitrogen and oxygen atoms in total. The van der Waals surface area contributed by atoms with Crippen molar-refractivity contribution in [3.8, 4) is 0 Å². The molecule has 2 aromatic heterocycles. The number of hydrogen-bond acceptors (Lipinski definition) is 4. The largest absolute Gasteiger partial charge is 0.383 e. The number of rotatable bonds is 5. The molecule has 0 aromatic carbocycles. The summed E-state index contributed by atoms with van der Waals surface area (Å²) in [6, 6.07) is 0. The summed E-state index contributed by atoms with van der Waals surface area (Å²) in [5.74, 6) is 0.853. The molecular formula is C14H19ClN4O. The summed E-state index contributed by atoms with van der Waals surface area (Å²) >= 11 is 6.20. The van der Waals surface area contributed by atoms with Crippen LogP contribution in [0.1, 0.15) is 24.7 Å². The Bertz CT molecular complexity index is 625. The third kappa shape index (κ3) is 2.25. The van der Waals surface area contributed by atoms with Gasteiger partial charge in [-0.3, -0.25) is 4.40 Å². The van der Waals surface area contributed by atoms with Gasteiger partial charge in [0, 0.05) is 32.1 Å². The summed E-state index contributed by atoms with van der Waals surface area (Å²) < 4.78 is 7.28. The van der Waals surface area contributed by atoms with Crippen LogP contribution in [-0.4, -0.2) is 41.2 Å². The fourth-order valence-electron chi connectivity index (χ4n) is 2.81. The van der Waals surface area contributed by atoms with Crippen LogP contribution in [0.3, 0.4) is 0 Å². The summed E-state index contributed by atoms with van der Waals surface area (Å²) in [6.07, 6.45) is 5.18. The molecule has 0 N–H and O–H groups in total. The normalized spacial score (nSPS) is 13.9. The van der Waals surface area contributed by atoms with Gasteiger partial charge in [-0.25, -0.2) is 9.97 Å². The Morgan fingerprint density at radius 2 is 2.25 bits per heavy atom. The molecule has 0 aliphatic heterocycles. The van der Waals surface area contributed by atoms with Gasteiger partial charge in [-0.05, 0) is 26.2 Å². The summed E-state index contributed by atoms with van der Waals surface area (Å²) in [7, 11) is 1.71. The van der Waals surface area contributed by atoms with E-state index in [-0.39, 0.29) is 0 Å². The van der Waals surface area contributed by atoms with Crippen molar-refractivity contribution in [2.45, 2.75) is 26.2 Å². The van der Waals surface area contributed by atoms with E-state index in [9.17, 15) is 0 Å². The lowest BCUT2D eigenvalue weighted by molar-refractivity contribution is 0.205. The highest BCUT2D eigenvalue weighted by Crippen LogP contribution is 2.28. The van der Waals surface area contributed by atoms with Crippen LogP contribution in [0.25, 0.3) is 5.65 Å². The predicted octanol–water partition coefficient (Wildman–Crippen LogP) is 2.34. The van der Waals surface area contributed by atoms with E-state index in [0.29, 0.717) is 11.8 Å². The Balaban J connectivity index is 2.09. The van der Waals surface area contributed by atoms with Crippen molar-refractivity contribution >= 4 is 23.1 Å². The molecule has 0 spiro atoms. The summed E-state index contributed by atoms with van der Waals surface area (Å²) in [5, 5.41) is 0.510. The molecule has 0 fully saturated rings. The second-order valence-corrected chi connectivity index (χ2v) is 5.40. The van der Waals surface area contributed by atoms with Gasteiger partial charge in [-0.2, -0.15) is 0 Å². The van der Waals surface area contributed by atoms with Crippen molar-refractivity contribution in [2.75, 3.05) is 31.7 Å².